The molecule has 1 aliphatic carbocycles. The summed E-state index contributed by atoms with van der Waals surface area (Å²) in [6.07, 6.45) is 1.66. The number of fused-ring (bicyclic) bond motifs is 1. The molecule has 33 heavy (non-hydrogen) atoms. The summed E-state index contributed by atoms with van der Waals surface area (Å²) in [7, 11) is 0. The molecule has 4 aromatic carbocycles. The van der Waals surface area contributed by atoms with E-state index in [-0.39, 0.29) is 17.8 Å². The molecule has 0 N–H and O–H groups in total. The van der Waals surface area contributed by atoms with Gasteiger partial charge in [0.25, 0.3) is 5.91 Å². The molecule has 164 valence electrons. The zero-order chi connectivity index (χ0) is 22.8. The Bertz CT molecular complexity index is 1290. The van der Waals surface area contributed by atoms with Gasteiger partial charge in [0.1, 0.15) is 5.82 Å². The van der Waals surface area contributed by atoms with Gasteiger partial charge in [0.15, 0.2) is 0 Å². The molecule has 0 radical (unpaired) electrons. The van der Waals surface area contributed by atoms with E-state index in [1.165, 1.54) is 22.8 Å². The van der Waals surface area contributed by atoms with Crippen LogP contribution < -0.4 is 0 Å². The minimum absolute atomic E-state index is 0.0593. The number of aryl methyl sites for hydroxylation is 1. The Labute approximate surface area is 194 Å². The Hall–Kier alpha value is -3.72. The average Bonchev–Trinajstić information content (AvgIpc) is 3.26. The van der Waals surface area contributed by atoms with Gasteiger partial charge in [-0.15, -0.1) is 0 Å². The molecule has 0 spiro atoms. The third-order valence-electron chi connectivity index (χ3n) is 6.49. The molecular formula is C30H26FNO. The summed E-state index contributed by atoms with van der Waals surface area (Å²) in [5.74, 6) is -0.385. The summed E-state index contributed by atoms with van der Waals surface area (Å²) in [6.45, 7) is 2.58. The molecule has 0 aliphatic heterocycles. The fraction of sp³-hybridized carbons (Fsp3) is 0.167. The van der Waals surface area contributed by atoms with Crippen molar-refractivity contribution in [2.24, 2.45) is 0 Å². The molecule has 0 saturated heterocycles. The predicted molar refractivity (Wildman–Crippen MR) is 131 cm³/mol. The van der Waals surface area contributed by atoms with Gasteiger partial charge in [-0.1, -0.05) is 90.5 Å². The highest BCUT2D eigenvalue weighted by Gasteiger charge is 2.31. The summed E-state index contributed by atoms with van der Waals surface area (Å²) in [5.41, 5.74) is 6.48. The van der Waals surface area contributed by atoms with Gasteiger partial charge in [0, 0.05) is 23.7 Å². The Morgan fingerprint density at radius 3 is 2.15 bits per heavy atom. The van der Waals surface area contributed by atoms with E-state index >= 15 is 0 Å². The number of nitrogens with zero attached hydrogens (tertiary/aromatic N) is 1. The molecule has 0 heterocycles. The van der Waals surface area contributed by atoms with Gasteiger partial charge < -0.3 is 4.90 Å². The van der Waals surface area contributed by atoms with Crippen LogP contribution in [0.4, 0.5) is 4.39 Å². The zero-order valence-electron chi connectivity index (χ0n) is 18.7. The van der Waals surface area contributed by atoms with Crippen molar-refractivity contribution in [3.63, 3.8) is 0 Å². The highest BCUT2D eigenvalue weighted by atomic mass is 19.1. The second kappa shape index (κ2) is 9.03. The quantitative estimate of drug-likeness (QED) is 0.345. The Morgan fingerprint density at radius 1 is 0.818 bits per heavy atom. The van der Waals surface area contributed by atoms with Gasteiger partial charge in [-0.25, -0.2) is 4.39 Å². The van der Waals surface area contributed by atoms with Crippen LogP contribution in [-0.2, 0) is 19.4 Å². The SMILES string of the molecule is Cc1cccc(CN(C(=O)c2ccccc2-c2ccccc2F)C2Cc3ccccc3C2)c1. The fourth-order valence-electron chi connectivity index (χ4n) is 4.87. The van der Waals surface area contributed by atoms with E-state index in [4.69, 9.17) is 0 Å². The molecule has 0 bridgehead atoms. The van der Waals surface area contributed by atoms with Gasteiger partial charge in [-0.05, 0) is 54.2 Å². The minimum atomic E-state index is -0.323. The second-order valence-corrected chi connectivity index (χ2v) is 8.78. The maximum Gasteiger partial charge on any atom is 0.255 e. The summed E-state index contributed by atoms with van der Waals surface area (Å²) >= 11 is 0. The summed E-state index contributed by atoms with van der Waals surface area (Å²) in [6, 6.07) is 30.8. The Morgan fingerprint density at radius 2 is 1.45 bits per heavy atom. The van der Waals surface area contributed by atoms with Crippen molar-refractivity contribution in [3.05, 3.63) is 131 Å². The first kappa shape index (κ1) is 21.1. The third kappa shape index (κ3) is 4.31. The highest BCUT2D eigenvalue weighted by Crippen LogP contribution is 2.31. The normalized spacial score (nSPS) is 13.0. The monoisotopic (exact) mass is 435 g/mol. The third-order valence-corrected chi connectivity index (χ3v) is 6.49. The van der Waals surface area contributed by atoms with Crippen molar-refractivity contribution in [1.29, 1.82) is 0 Å². The minimum Gasteiger partial charge on any atom is -0.331 e. The van der Waals surface area contributed by atoms with E-state index in [9.17, 15) is 9.18 Å². The summed E-state index contributed by atoms with van der Waals surface area (Å²) in [5, 5.41) is 0. The maximum absolute atomic E-state index is 14.7. The predicted octanol–water partition coefficient (Wildman–Crippen LogP) is 6.61. The van der Waals surface area contributed by atoms with Crippen LogP contribution in [0.5, 0.6) is 0 Å². The standard InChI is InChI=1S/C30H26FNO/c1-21-9-8-10-22(17-21)20-32(25-18-23-11-2-3-12-24(23)19-25)30(33)28-15-5-4-13-26(28)27-14-6-7-16-29(27)31/h2-17,25H,18-20H2,1H3. The maximum atomic E-state index is 14.7. The molecule has 0 unspecified atom stereocenters. The Kier molecular flexibility index (Phi) is 5.78. The van der Waals surface area contributed by atoms with Crippen LogP contribution in [0.3, 0.4) is 0 Å². The zero-order valence-corrected chi connectivity index (χ0v) is 18.7. The van der Waals surface area contributed by atoms with Crippen LogP contribution in [0.1, 0.15) is 32.6 Å². The average molecular weight is 436 g/mol. The molecule has 0 saturated carbocycles. The lowest BCUT2D eigenvalue weighted by molar-refractivity contribution is 0.0668. The fourth-order valence-corrected chi connectivity index (χ4v) is 4.87. The smallest absolute Gasteiger partial charge is 0.255 e. The number of benzene rings is 4. The van der Waals surface area contributed by atoms with E-state index in [0.717, 1.165) is 18.4 Å². The van der Waals surface area contributed by atoms with Crippen LogP contribution in [0.15, 0.2) is 97.1 Å². The number of amides is 1. The Balaban J connectivity index is 1.55. The molecular weight excluding hydrogens is 409 g/mol. The molecule has 2 nitrogen and oxygen atoms in total. The number of carbonyl (C=O) groups excluding carboxylic acids is 1. The topological polar surface area (TPSA) is 20.3 Å². The largest absolute Gasteiger partial charge is 0.331 e. The van der Waals surface area contributed by atoms with Gasteiger partial charge >= 0.3 is 0 Å². The number of halogens is 1. The highest BCUT2D eigenvalue weighted by molar-refractivity contribution is 6.01. The van der Waals surface area contributed by atoms with Crippen LogP contribution in [0.2, 0.25) is 0 Å². The lowest BCUT2D eigenvalue weighted by Gasteiger charge is -2.30. The lowest BCUT2D eigenvalue weighted by atomic mass is 9.97. The first-order valence-corrected chi connectivity index (χ1v) is 11.4. The van der Waals surface area contributed by atoms with Crippen molar-refractivity contribution < 1.29 is 9.18 Å². The number of hydrogen-bond donors (Lipinski definition) is 0. The van der Waals surface area contributed by atoms with Crippen LogP contribution in [0, 0.1) is 12.7 Å². The van der Waals surface area contributed by atoms with Crippen molar-refractivity contribution >= 4 is 5.91 Å². The molecule has 0 atom stereocenters. The number of carbonyl (C=O) groups is 1. The molecule has 3 heteroatoms. The van der Waals surface area contributed by atoms with Crippen molar-refractivity contribution in [2.45, 2.75) is 32.4 Å². The molecule has 4 aromatic rings. The van der Waals surface area contributed by atoms with Crippen LogP contribution in [0.25, 0.3) is 11.1 Å². The van der Waals surface area contributed by atoms with Crippen molar-refractivity contribution in [1.82, 2.24) is 4.90 Å². The van der Waals surface area contributed by atoms with Gasteiger partial charge in [-0.3, -0.25) is 4.79 Å². The van der Waals surface area contributed by atoms with Gasteiger partial charge in [0.05, 0.1) is 0 Å². The van der Waals surface area contributed by atoms with Crippen LogP contribution >= 0.6 is 0 Å². The van der Waals surface area contributed by atoms with Crippen LogP contribution in [-0.4, -0.2) is 16.8 Å². The number of hydrogen-bond acceptors (Lipinski definition) is 1. The lowest BCUT2D eigenvalue weighted by Crippen LogP contribution is -2.40. The molecule has 1 amide bonds. The number of rotatable bonds is 5. The molecule has 0 fully saturated rings. The van der Waals surface area contributed by atoms with Crippen molar-refractivity contribution in [3.8, 4) is 11.1 Å². The van der Waals surface area contributed by atoms with E-state index in [2.05, 4.69) is 49.4 Å². The van der Waals surface area contributed by atoms with E-state index in [0.29, 0.717) is 23.2 Å². The van der Waals surface area contributed by atoms with Gasteiger partial charge in [-0.2, -0.15) is 0 Å². The second-order valence-electron chi connectivity index (χ2n) is 8.78. The first-order valence-electron chi connectivity index (χ1n) is 11.4. The molecule has 5 rings (SSSR count). The van der Waals surface area contributed by atoms with E-state index < -0.39 is 0 Å². The van der Waals surface area contributed by atoms with Crippen molar-refractivity contribution in [2.75, 3.05) is 0 Å². The summed E-state index contributed by atoms with van der Waals surface area (Å²) < 4.78 is 14.7. The van der Waals surface area contributed by atoms with E-state index in [1.54, 1.807) is 18.2 Å². The van der Waals surface area contributed by atoms with Gasteiger partial charge in [0.2, 0.25) is 0 Å². The summed E-state index contributed by atoms with van der Waals surface area (Å²) in [4.78, 5) is 16.1. The van der Waals surface area contributed by atoms with E-state index in [1.807, 2.05) is 35.2 Å². The molecule has 1 aliphatic rings. The first-order chi connectivity index (χ1) is 16.1. The molecule has 0 aromatic heterocycles.